The minimum atomic E-state index is -0.312. The van der Waals surface area contributed by atoms with Crippen molar-refractivity contribution in [3.05, 3.63) is 0 Å². The fourth-order valence-electron chi connectivity index (χ4n) is 1.99. The maximum absolute atomic E-state index is 9.63. The van der Waals surface area contributed by atoms with Gasteiger partial charge in [0, 0.05) is 19.6 Å². The minimum absolute atomic E-state index is 0.00782. The van der Waals surface area contributed by atoms with E-state index in [0.29, 0.717) is 24.5 Å². The number of hydrogen-bond donors (Lipinski definition) is 2. The zero-order chi connectivity index (χ0) is 14.5. The molecule has 0 amide bonds. The molecule has 1 aromatic heterocycles. The lowest BCUT2D eigenvalue weighted by atomic mass is 10.3. The molecule has 2 N–H and O–H groups in total. The minimum Gasteiger partial charge on any atom is -0.461 e. The first kappa shape index (κ1) is 14.8. The van der Waals surface area contributed by atoms with Gasteiger partial charge in [-0.15, -0.1) is 0 Å². The number of rotatable bonds is 6. The van der Waals surface area contributed by atoms with Crippen molar-refractivity contribution < 1.29 is 9.84 Å². The van der Waals surface area contributed by atoms with E-state index in [1.807, 2.05) is 18.7 Å². The molecule has 0 spiro atoms. The molecule has 20 heavy (non-hydrogen) atoms. The van der Waals surface area contributed by atoms with E-state index in [2.05, 4.69) is 27.2 Å². The smallest absolute Gasteiger partial charge is 0.323 e. The van der Waals surface area contributed by atoms with Gasteiger partial charge < -0.3 is 20.1 Å². The molecular formula is C13H23N5O2. The SMILES string of the molecule is CCCNc1nc(OC(C)C)nc(N2CCC(O)C2)n1. The van der Waals surface area contributed by atoms with Crippen molar-refractivity contribution in [2.24, 2.45) is 0 Å². The van der Waals surface area contributed by atoms with Gasteiger partial charge in [0.15, 0.2) is 0 Å². The topological polar surface area (TPSA) is 83.4 Å². The summed E-state index contributed by atoms with van der Waals surface area (Å²) >= 11 is 0. The summed E-state index contributed by atoms with van der Waals surface area (Å²) in [7, 11) is 0. The van der Waals surface area contributed by atoms with Crippen LogP contribution in [-0.4, -0.2) is 51.9 Å². The molecule has 7 heteroatoms. The fourth-order valence-corrected chi connectivity index (χ4v) is 1.99. The second kappa shape index (κ2) is 6.69. The number of ether oxygens (including phenoxy) is 1. The second-order valence-corrected chi connectivity index (χ2v) is 5.22. The summed E-state index contributed by atoms with van der Waals surface area (Å²) in [6.45, 7) is 8.05. The third-order valence-corrected chi connectivity index (χ3v) is 2.92. The van der Waals surface area contributed by atoms with Crippen molar-refractivity contribution in [3.63, 3.8) is 0 Å². The van der Waals surface area contributed by atoms with Gasteiger partial charge in [-0.25, -0.2) is 0 Å². The highest BCUT2D eigenvalue weighted by Crippen LogP contribution is 2.20. The Bertz CT molecular complexity index is 441. The number of nitrogens with one attached hydrogen (secondary N) is 1. The Hall–Kier alpha value is -1.63. The lowest BCUT2D eigenvalue weighted by molar-refractivity contribution is 0.198. The van der Waals surface area contributed by atoms with Crippen LogP contribution in [0.25, 0.3) is 0 Å². The van der Waals surface area contributed by atoms with E-state index in [4.69, 9.17) is 4.74 Å². The number of anilines is 2. The highest BCUT2D eigenvalue weighted by Gasteiger charge is 2.24. The first-order valence-corrected chi connectivity index (χ1v) is 7.18. The zero-order valence-corrected chi connectivity index (χ0v) is 12.3. The molecule has 0 aliphatic carbocycles. The number of nitrogens with zero attached hydrogens (tertiary/aromatic N) is 4. The first-order valence-electron chi connectivity index (χ1n) is 7.18. The number of aliphatic hydroxyl groups excluding tert-OH is 1. The number of β-amino-alcohol motifs (C(OH)–C–C–N with tert-alkyl or cyclic N) is 1. The van der Waals surface area contributed by atoms with Gasteiger partial charge in [0.2, 0.25) is 11.9 Å². The first-order chi connectivity index (χ1) is 9.58. The monoisotopic (exact) mass is 281 g/mol. The average molecular weight is 281 g/mol. The van der Waals surface area contributed by atoms with E-state index < -0.39 is 0 Å². The Morgan fingerprint density at radius 2 is 2.20 bits per heavy atom. The maximum atomic E-state index is 9.63. The molecule has 1 fully saturated rings. The Labute approximate surface area is 119 Å². The van der Waals surface area contributed by atoms with Crippen LogP contribution in [-0.2, 0) is 0 Å². The van der Waals surface area contributed by atoms with Crippen molar-refractivity contribution in [2.75, 3.05) is 29.9 Å². The molecule has 7 nitrogen and oxygen atoms in total. The molecule has 0 aromatic carbocycles. The molecule has 0 bridgehead atoms. The van der Waals surface area contributed by atoms with Gasteiger partial charge in [-0.05, 0) is 26.7 Å². The van der Waals surface area contributed by atoms with Crippen LogP contribution in [0.3, 0.4) is 0 Å². The van der Waals surface area contributed by atoms with Gasteiger partial charge >= 0.3 is 6.01 Å². The summed E-state index contributed by atoms with van der Waals surface area (Å²) in [5.74, 6) is 1.08. The largest absolute Gasteiger partial charge is 0.461 e. The van der Waals surface area contributed by atoms with Crippen LogP contribution in [0.1, 0.15) is 33.6 Å². The average Bonchev–Trinajstić information content (AvgIpc) is 2.82. The third kappa shape index (κ3) is 3.93. The van der Waals surface area contributed by atoms with Crippen LogP contribution in [0.4, 0.5) is 11.9 Å². The van der Waals surface area contributed by atoms with Crippen molar-refractivity contribution >= 4 is 11.9 Å². The van der Waals surface area contributed by atoms with Crippen LogP contribution < -0.4 is 15.0 Å². The molecular weight excluding hydrogens is 258 g/mol. The van der Waals surface area contributed by atoms with Gasteiger partial charge in [-0.1, -0.05) is 6.92 Å². The molecule has 2 rings (SSSR count). The Morgan fingerprint density at radius 3 is 2.80 bits per heavy atom. The van der Waals surface area contributed by atoms with E-state index in [-0.39, 0.29) is 12.2 Å². The molecule has 0 saturated carbocycles. The molecule has 0 radical (unpaired) electrons. The number of hydrogen-bond acceptors (Lipinski definition) is 7. The number of aromatic nitrogens is 3. The van der Waals surface area contributed by atoms with Gasteiger partial charge in [0.1, 0.15) is 0 Å². The van der Waals surface area contributed by atoms with Gasteiger partial charge in [0.25, 0.3) is 0 Å². The Kier molecular flexibility index (Phi) is 4.94. The van der Waals surface area contributed by atoms with Crippen molar-refractivity contribution in [3.8, 4) is 6.01 Å². The summed E-state index contributed by atoms with van der Waals surface area (Å²) in [5, 5.41) is 12.8. The molecule has 1 aliphatic heterocycles. The predicted octanol–water partition coefficient (Wildman–Crippen LogP) is 1.05. The maximum Gasteiger partial charge on any atom is 0.323 e. The second-order valence-electron chi connectivity index (χ2n) is 5.22. The van der Waals surface area contributed by atoms with Crippen LogP contribution in [0, 0.1) is 0 Å². The van der Waals surface area contributed by atoms with Crippen LogP contribution in [0.2, 0.25) is 0 Å². The van der Waals surface area contributed by atoms with Gasteiger partial charge in [-0.2, -0.15) is 15.0 Å². The molecule has 1 saturated heterocycles. The highest BCUT2D eigenvalue weighted by atomic mass is 16.5. The van der Waals surface area contributed by atoms with Gasteiger partial charge in [-0.3, -0.25) is 0 Å². The quantitative estimate of drug-likeness (QED) is 0.806. The van der Waals surface area contributed by atoms with Crippen molar-refractivity contribution in [1.29, 1.82) is 0 Å². The summed E-state index contributed by atoms with van der Waals surface area (Å²) in [4.78, 5) is 14.9. The van der Waals surface area contributed by atoms with E-state index >= 15 is 0 Å². The van der Waals surface area contributed by atoms with Crippen LogP contribution >= 0.6 is 0 Å². The van der Waals surface area contributed by atoms with E-state index in [0.717, 1.165) is 25.9 Å². The normalized spacial score (nSPS) is 18.6. The molecule has 112 valence electrons. The Morgan fingerprint density at radius 1 is 1.40 bits per heavy atom. The highest BCUT2D eigenvalue weighted by molar-refractivity contribution is 5.39. The molecule has 1 unspecified atom stereocenters. The number of aliphatic hydroxyl groups is 1. The lowest BCUT2D eigenvalue weighted by Crippen LogP contribution is -2.25. The molecule has 2 heterocycles. The molecule has 1 aliphatic rings. The van der Waals surface area contributed by atoms with E-state index in [1.54, 1.807) is 0 Å². The van der Waals surface area contributed by atoms with Crippen LogP contribution in [0.5, 0.6) is 6.01 Å². The standard InChI is InChI=1S/C13H23N5O2/c1-4-6-14-11-15-12(18-7-5-10(19)8-18)17-13(16-11)20-9(2)3/h9-10,19H,4-8H2,1-3H3,(H,14,15,16,17). The lowest BCUT2D eigenvalue weighted by Gasteiger charge is -2.17. The fraction of sp³-hybridized carbons (Fsp3) is 0.769. The van der Waals surface area contributed by atoms with Crippen LogP contribution in [0.15, 0.2) is 0 Å². The summed E-state index contributed by atoms with van der Waals surface area (Å²) in [6, 6.07) is 0.324. The molecule has 1 aromatic rings. The summed E-state index contributed by atoms with van der Waals surface area (Å²) in [5.41, 5.74) is 0. The zero-order valence-electron chi connectivity index (χ0n) is 12.3. The summed E-state index contributed by atoms with van der Waals surface area (Å²) < 4.78 is 5.57. The predicted molar refractivity (Wildman–Crippen MR) is 77.2 cm³/mol. The van der Waals surface area contributed by atoms with Gasteiger partial charge in [0.05, 0.1) is 12.2 Å². The molecule has 1 atom stereocenters. The summed E-state index contributed by atoms with van der Waals surface area (Å²) in [6.07, 6.45) is 1.43. The Balaban J connectivity index is 2.20. The van der Waals surface area contributed by atoms with Crippen molar-refractivity contribution in [2.45, 2.75) is 45.8 Å². The third-order valence-electron chi connectivity index (χ3n) is 2.92. The van der Waals surface area contributed by atoms with E-state index in [9.17, 15) is 5.11 Å². The van der Waals surface area contributed by atoms with Crippen molar-refractivity contribution in [1.82, 2.24) is 15.0 Å². The van der Waals surface area contributed by atoms with E-state index in [1.165, 1.54) is 0 Å².